The first-order chi connectivity index (χ1) is 14.0. The van der Waals surface area contributed by atoms with Gasteiger partial charge in [-0.15, -0.1) is 0 Å². The average Bonchev–Trinajstić information content (AvgIpc) is 2.63. The van der Waals surface area contributed by atoms with Crippen LogP contribution < -0.4 is 10.1 Å². The van der Waals surface area contributed by atoms with E-state index in [1.54, 1.807) is 20.8 Å². The Balaban J connectivity index is 2.04. The van der Waals surface area contributed by atoms with Crippen molar-refractivity contribution in [3.05, 3.63) is 65.7 Å². The number of carbonyl (C=O) groups excluding carboxylic acids is 1. The van der Waals surface area contributed by atoms with Crippen LogP contribution in [0.5, 0.6) is 5.75 Å². The fourth-order valence-electron chi connectivity index (χ4n) is 2.62. The van der Waals surface area contributed by atoms with Crippen molar-refractivity contribution in [3.8, 4) is 5.75 Å². The molecule has 0 aliphatic heterocycles. The van der Waals surface area contributed by atoms with Crippen LogP contribution in [0.25, 0.3) is 0 Å². The second-order valence-electron chi connectivity index (χ2n) is 7.96. The van der Waals surface area contributed by atoms with E-state index in [-0.39, 0.29) is 6.61 Å². The first kappa shape index (κ1) is 23.7. The van der Waals surface area contributed by atoms with Gasteiger partial charge in [0.15, 0.2) is 0 Å². The smallest absolute Gasteiger partial charge is 0.407 e. The maximum Gasteiger partial charge on any atom is 0.407 e. The van der Waals surface area contributed by atoms with Crippen molar-refractivity contribution in [3.63, 3.8) is 0 Å². The zero-order valence-electron chi connectivity index (χ0n) is 17.8. The topological polar surface area (TPSA) is 90.9 Å². The molecule has 0 fully saturated rings. The van der Waals surface area contributed by atoms with Gasteiger partial charge < -0.3 is 14.8 Å². The van der Waals surface area contributed by atoms with Gasteiger partial charge in [0, 0.05) is 0 Å². The lowest BCUT2D eigenvalue weighted by Gasteiger charge is -2.23. The summed E-state index contributed by atoms with van der Waals surface area (Å²) in [5.74, 6) is 0.677. The van der Waals surface area contributed by atoms with Crippen LogP contribution >= 0.6 is 0 Å². The average molecular weight is 436 g/mol. The van der Waals surface area contributed by atoms with Gasteiger partial charge in [0.1, 0.15) is 18.0 Å². The van der Waals surface area contributed by atoms with Gasteiger partial charge in [-0.3, -0.25) is 4.18 Å². The van der Waals surface area contributed by atoms with Crippen LogP contribution in [0.1, 0.15) is 31.9 Å². The third-order valence-corrected chi connectivity index (χ3v) is 4.40. The molecule has 0 bridgehead atoms. The fourth-order valence-corrected chi connectivity index (χ4v) is 3.03. The van der Waals surface area contributed by atoms with Crippen LogP contribution in [0, 0.1) is 0 Å². The predicted octanol–water partition coefficient (Wildman–Crippen LogP) is 3.68. The molecule has 0 unspecified atom stereocenters. The van der Waals surface area contributed by atoms with Crippen molar-refractivity contribution in [2.75, 3.05) is 12.9 Å². The van der Waals surface area contributed by atoms with E-state index in [2.05, 4.69) is 5.32 Å². The Morgan fingerprint density at radius 2 is 1.70 bits per heavy atom. The van der Waals surface area contributed by atoms with Crippen LogP contribution in [0.2, 0.25) is 0 Å². The van der Waals surface area contributed by atoms with Gasteiger partial charge in [-0.2, -0.15) is 8.42 Å². The van der Waals surface area contributed by atoms with E-state index in [4.69, 9.17) is 13.7 Å². The SMILES string of the molecule is CC(C)(C)OC(=O)N[C@H](COS(C)(=O)=O)Cc1cccc(OCc2ccccc2)c1. The first-order valence-corrected chi connectivity index (χ1v) is 11.4. The maximum absolute atomic E-state index is 12.1. The van der Waals surface area contributed by atoms with Gasteiger partial charge in [0.05, 0.1) is 18.9 Å². The number of hydrogen-bond acceptors (Lipinski definition) is 6. The van der Waals surface area contributed by atoms with Crippen molar-refractivity contribution in [1.29, 1.82) is 0 Å². The van der Waals surface area contributed by atoms with Crippen LogP contribution in [0.4, 0.5) is 4.79 Å². The molecule has 2 aromatic carbocycles. The highest BCUT2D eigenvalue weighted by Crippen LogP contribution is 2.17. The Bertz CT molecular complexity index is 922. The minimum Gasteiger partial charge on any atom is -0.489 e. The molecule has 1 atom stereocenters. The number of amides is 1. The molecule has 164 valence electrons. The lowest BCUT2D eigenvalue weighted by molar-refractivity contribution is 0.0488. The third kappa shape index (κ3) is 9.76. The number of benzene rings is 2. The van der Waals surface area contributed by atoms with Crippen molar-refractivity contribution >= 4 is 16.2 Å². The molecule has 0 spiro atoms. The zero-order valence-corrected chi connectivity index (χ0v) is 18.6. The van der Waals surface area contributed by atoms with Gasteiger partial charge in [-0.05, 0) is 50.5 Å². The molecule has 0 aliphatic rings. The monoisotopic (exact) mass is 435 g/mol. The van der Waals surface area contributed by atoms with Crippen molar-refractivity contribution in [1.82, 2.24) is 5.32 Å². The largest absolute Gasteiger partial charge is 0.489 e. The molecular formula is C22H29NO6S. The Kier molecular flexibility index (Phi) is 8.25. The Morgan fingerprint density at radius 3 is 2.33 bits per heavy atom. The Labute approximate surface area is 178 Å². The van der Waals surface area contributed by atoms with Crippen LogP contribution in [-0.4, -0.2) is 39.0 Å². The zero-order chi connectivity index (χ0) is 22.2. The summed E-state index contributed by atoms with van der Waals surface area (Å²) in [5.41, 5.74) is 1.24. The van der Waals surface area contributed by atoms with Gasteiger partial charge in [0.2, 0.25) is 0 Å². The van der Waals surface area contributed by atoms with Crippen LogP contribution in [-0.2, 0) is 32.1 Å². The molecule has 0 saturated heterocycles. The van der Waals surface area contributed by atoms with E-state index in [9.17, 15) is 13.2 Å². The summed E-state index contributed by atoms with van der Waals surface area (Å²) in [5, 5.41) is 2.68. The molecule has 8 heteroatoms. The highest BCUT2D eigenvalue weighted by molar-refractivity contribution is 7.85. The van der Waals surface area contributed by atoms with Gasteiger partial charge in [-0.1, -0.05) is 42.5 Å². The molecule has 0 saturated carbocycles. The normalized spacial score (nSPS) is 12.8. The Hall–Kier alpha value is -2.58. The lowest BCUT2D eigenvalue weighted by atomic mass is 10.1. The number of alkyl carbamates (subject to hydrolysis) is 1. The van der Waals surface area contributed by atoms with Crippen molar-refractivity contribution in [2.24, 2.45) is 0 Å². The molecule has 1 amide bonds. The number of rotatable bonds is 9. The molecule has 0 aliphatic carbocycles. The van der Waals surface area contributed by atoms with Gasteiger partial charge in [-0.25, -0.2) is 4.79 Å². The highest BCUT2D eigenvalue weighted by Gasteiger charge is 2.21. The summed E-state index contributed by atoms with van der Waals surface area (Å²) in [7, 11) is -3.65. The minimum absolute atomic E-state index is 0.201. The van der Waals surface area contributed by atoms with E-state index in [0.717, 1.165) is 17.4 Å². The summed E-state index contributed by atoms with van der Waals surface area (Å²) < 4.78 is 38.8. The van der Waals surface area contributed by atoms with Crippen LogP contribution in [0.15, 0.2) is 54.6 Å². The quantitative estimate of drug-likeness (QED) is 0.604. The van der Waals surface area contributed by atoms with E-state index < -0.39 is 27.9 Å². The second kappa shape index (κ2) is 10.4. The van der Waals surface area contributed by atoms with Gasteiger partial charge in [0.25, 0.3) is 10.1 Å². The van der Waals surface area contributed by atoms with Crippen LogP contribution in [0.3, 0.4) is 0 Å². The third-order valence-electron chi connectivity index (χ3n) is 3.83. The number of ether oxygens (including phenoxy) is 2. The molecule has 2 rings (SSSR count). The summed E-state index contributed by atoms with van der Waals surface area (Å²) in [4.78, 5) is 12.1. The summed E-state index contributed by atoms with van der Waals surface area (Å²) in [6.45, 7) is 5.49. The summed E-state index contributed by atoms with van der Waals surface area (Å²) >= 11 is 0. The molecular weight excluding hydrogens is 406 g/mol. The highest BCUT2D eigenvalue weighted by atomic mass is 32.2. The molecule has 0 aromatic heterocycles. The van der Waals surface area contributed by atoms with Crippen molar-refractivity contribution in [2.45, 2.75) is 45.4 Å². The Morgan fingerprint density at radius 1 is 1.03 bits per heavy atom. The first-order valence-electron chi connectivity index (χ1n) is 9.60. The molecule has 2 aromatic rings. The van der Waals surface area contributed by atoms with Crippen molar-refractivity contribution < 1.29 is 26.9 Å². The van der Waals surface area contributed by atoms with E-state index in [1.807, 2.05) is 54.6 Å². The van der Waals surface area contributed by atoms with E-state index >= 15 is 0 Å². The molecule has 30 heavy (non-hydrogen) atoms. The number of carbonyl (C=O) groups is 1. The predicted molar refractivity (Wildman–Crippen MR) is 115 cm³/mol. The van der Waals surface area contributed by atoms with Gasteiger partial charge >= 0.3 is 6.09 Å². The minimum atomic E-state index is -3.65. The second-order valence-corrected chi connectivity index (χ2v) is 9.60. The lowest BCUT2D eigenvalue weighted by Crippen LogP contribution is -2.43. The fraction of sp³-hybridized carbons (Fsp3) is 0.409. The van der Waals surface area contributed by atoms with E-state index in [1.165, 1.54) is 0 Å². The molecule has 0 heterocycles. The summed E-state index contributed by atoms with van der Waals surface area (Å²) in [6, 6.07) is 16.6. The molecule has 7 nitrogen and oxygen atoms in total. The standard InChI is InChI=1S/C22H29NO6S/c1-22(2,3)29-21(24)23-19(16-28-30(4,25)26)13-18-11-8-12-20(14-18)27-15-17-9-6-5-7-10-17/h5-12,14,19H,13,15-16H2,1-4H3,(H,23,24)/t19-/m0/s1. The molecule has 1 N–H and O–H groups in total. The van der Waals surface area contributed by atoms with E-state index in [0.29, 0.717) is 18.8 Å². The summed E-state index contributed by atoms with van der Waals surface area (Å²) in [6.07, 6.45) is 0.674. The number of hydrogen-bond donors (Lipinski definition) is 1. The maximum atomic E-state index is 12.1. The number of nitrogens with one attached hydrogen (secondary N) is 1. The molecule has 0 radical (unpaired) electrons.